The van der Waals surface area contributed by atoms with E-state index in [-0.39, 0.29) is 44.0 Å². The molecule has 4 rings (SSSR count). The Morgan fingerprint density at radius 3 is 1.50 bits per heavy atom. The Bertz CT molecular complexity index is 1690. The predicted octanol–water partition coefficient (Wildman–Crippen LogP) is 5.58. The Labute approximate surface area is 293 Å². The Morgan fingerprint density at radius 2 is 1.00 bits per heavy atom. The fraction of sp³-hybridized carbons (Fsp3) is 0.275. The normalized spacial score (nSPS) is 13.1. The number of benzene rings is 4. The molecule has 4 unspecified atom stereocenters. The molecule has 0 saturated carbocycles. The third kappa shape index (κ3) is 12.4. The summed E-state index contributed by atoms with van der Waals surface area (Å²) in [5.41, 5.74) is 3.36. The summed E-state index contributed by atoms with van der Waals surface area (Å²) in [6.45, 7) is 7.64. The second kappa shape index (κ2) is 19.3. The predicted molar refractivity (Wildman–Crippen MR) is 191 cm³/mol. The molecule has 0 saturated heterocycles. The van der Waals surface area contributed by atoms with Crippen molar-refractivity contribution in [1.82, 2.24) is 16.0 Å². The molecule has 4 aromatic carbocycles. The zero-order valence-corrected chi connectivity index (χ0v) is 28.5. The van der Waals surface area contributed by atoms with Crippen molar-refractivity contribution in [1.29, 1.82) is 0 Å². The van der Waals surface area contributed by atoms with E-state index in [2.05, 4.69) is 22.7 Å². The lowest BCUT2D eigenvalue weighted by Crippen LogP contribution is -2.52. The molecule has 3 N–H and O–H groups in total. The molecule has 0 spiro atoms. The van der Waals surface area contributed by atoms with Gasteiger partial charge in [0.1, 0.15) is 26.0 Å². The van der Waals surface area contributed by atoms with Gasteiger partial charge in [-0.3, -0.25) is 9.59 Å². The minimum absolute atomic E-state index is 0.0455. The Hall–Kier alpha value is -5.77. The Morgan fingerprint density at radius 1 is 0.580 bits per heavy atom. The minimum Gasteiger partial charge on any atom is -0.445 e. The number of hydrogen-bond acceptors (Lipinski definition) is 6. The summed E-state index contributed by atoms with van der Waals surface area (Å²) in [6, 6.07) is 34.6. The summed E-state index contributed by atoms with van der Waals surface area (Å²) in [5.74, 6) is -0.792. The highest BCUT2D eigenvalue weighted by Crippen LogP contribution is 2.11. The summed E-state index contributed by atoms with van der Waals surface area (Å²) in [6.07, 6.45) is -0.572. The molecule has 0 aromatic heterocycles. The fourth-order valence-electron chi connectivity index (χ4n) is 5.41. The summed E-state index contributed by atoms with van der Waals surface area (Å²) < 4.78 is 11.9. The molecule has 50 heavy (non-hydrogen) atoms. The van der Waals surface area contributed by atoms with Crippen LogP contribution in [0.15, 0.2) is 121 Å². The molecule has 0 aliphatic heterocycles. The maximum absolute atomic E-state index is 13.6. The van der Waals surface area contributed by atoms with Crippen LogP contribution in [0.5, 0.6) is 0 Å². The van der Waals surface area contributed by atoms with E-state index in [9.17, 15) is 19.2 Å². The number of alkyl carbamates (subject to hydrolysis) is 1. The van der Waals surface area contributed by atoms with E-state index in [1.165, 1.54) is 0 Å². The van der Waals surface area contributed by atoms with Crippen molar-refractivity contribution < 1.29 is 33.2 Å². The summed E-state index contributed by atoms with van der Waals surface area (Å²) >= 11 is 0. The molecule has 0 fully saturated rings. The van der Waals surface area contributed by atoms with Gasteiger partial charge in [-0.15, -0.1) is 4.58 Å². The van der Waals surface area contributed by atoms with Crippen molar-refractivity contribution in [3.05, 3.63) is 144 Å². The van der Waals surface area contributed by atoms with Gasteiger partial charge in [-0.25, -0.2) is 4.79 Å². The molecule has 0 radical (unpaired) electrons. The highest BCUT2D eigenvalue weighted by Gasteiger charge is 2.36. The molecule has 0 bridgehead atoms. The van der Waals surface area contributed by atoms with Crippen LogP contribution in [-0.2, 0) is 45.1 Å². The Kier molecular flexibility index (Phi) is 14.3. The lowest BCUT2D eigenvalue weighted by molar-refractivity contribution is -0.466. The van der Waals surface area contributed by atoms with Crippen molar-refractivity contribution in [3.8, 4) is 0 Å². The second-order valence-corrected chi connectivity index (χ2v) is 12.2. The first-order valence-electron chi connectivity index (χ1n) is 16.6. The van der Waals surface area contributed by atoms with E-state index >= 15 is 0 Å². The van der Waals surface area contributed by atoms with Crippen molar-refractivity contribution in [2.24, 2.45) is 0 Å². The number of nitrogens with one attached hydrogen (secondary N) is 3. The first-order valence-corrected chi connectivity index (χ1v) is 16.6. The van der Waals surface area contributed by atoms with E-state index in [1.54, 1.807) is 0 Å². The van der Waals surface area contributed by atoms with Crippen molar-refractivity contribution in [2.75, 3.05) is 0 Å². The van der Waals surface area contributed by atoms with E-state index in [1.807, 2.05) is 135 Å². The van der Waals surface area contributed by atoms with Gasteiger partial charge in [-0.05, 0) is 42.5 Å². The van der Waals surface area contributed by atoms with E-state index in [0.717, 1.165) is 26.8 Å². The van der Waals surface area contributed by atoms with Gasteiger partial charge in [0, 0.05) is 24.9 Å². The van der Waals surface area contributed by atoms with Gasteiger partial charge >= 0.3 is 12.2 Å². The average Bonchev–Trinajstić information content (AvgIpc) is 3.13. The Balaban J connectivity index is 1.35. The van der Waals surface area contributed by atoms with Crippen LogP contribution in [0.25, 0.3) is 0 Å². The van der Waals surface area contributed by atoms with E-state index in [4.69, 9.17) is 9.47 Å². The first kappa shape index (κ1) is 37.1. The number of hydrogen-bond donors (Lipinski definition) is 3. The lowest BCUT2D eigenvalue weighted by Gasteiger charge is -2.24. The minimum atomic E-state index is -0.950. The molecule has 4 amide bonds. The summed E-state index contributed by atoms with van der Waals surface area (Å²) in [4.78, 5) is 52.8. The van der Waals surface area contributed by atoms with Crippen LogP contribution in [0.2, 0.25) is 0 Å². The van der Waals surface area contributed by atoms with E-state index < -0.39 is 30.2 Å². The van der Waals surface area contributed by atoms with Crippen LogP contribution in [0.3, 0.4) is 0 Å². The summed E-state index contributed by atoms with van der Waals surface area (Å²) in [5, 5.41) is 8.66. The quantitative estimate of drug-likeness (QED) is 0.105. The number of rotatable bonds is 16. The number of nitrogens with zero attached hydrogens (tertiary/aromatic N) is 1. The van der Waals surface area contributed by atoms with Gasteiger partial charge in [0.05, 0.1) is 0 Å². The number of ether oxygens (including phenoxy) is 2. The zero-order chi connectivity index (χ0) is 35.7. The van der Waals surface area contributed by atoms with Crippen molar-refractivity contribution in [3.63, 3.8) is 0 Å². The van der Waals surface area contributed by atoms with E-state index in [0.29, 0.717) is 6.42 Å². The molecule has 0 aliphatic carbocycles. The molecule has 4 atom stereocenters. The van der Waals surface area contributed by atoms with Gasteiger partial charge < -0.3 is 25.4 Å². The molecule has 10 nitrogen and oxygen atoms in total. The average molecular weight is 678 g/mol. The molecular weight excluding hydrogens is 632 g/mol. The monoisotopic (exact) mass is 677 g/mol. The maximum Gasteiger partial charge on any atom is 0.596 e. The topological polar surface area (TPSA) is 126 Å². The molecule has 0 aliphatic rings. The smallest absolute Gasteiger partial charge is 0.445 e. The molecule has 260 valence electrons. The van der Waals surface area contributed by atoms with Gasteiger partial charge in [-0.2, -0.15) is 4.79 Å². The van der Waals surface area contributed by atoms with Crippen LogP contribution >= 0.6 is 0 Å². The van der Waals surface area contributed by atoms with Crippen molar-refractivity contribution in [2.45, 2.75) is 70.5 Å². The van der Waals surface area contributed by atoms with Crippen LogP contribution < -0.4 is 16.0 Å². The standard InChI is InChI=1S/C40H44N4O6/c1-29(41-37(45)35(25-31-16-8-4-9-17-31)43-39(47)49-27-33-20-12-6-13-21-33)24-30(2)42-38(46)36(26-32-18-10-5-11-19-32)44(3)40(48)50-28-34-22-14-7-15-23-34/h4-23,29-30,35-36H,3,24-28H2,1-2H3,(H2-,41,42,43,45,46,47)/p+1. The first-order chi connectivity index (χ1) is 24.2. The zero-order valence-electron chi connectivity index (χ0n) is 28.5. The second-order valence-electron chi connectivity index (χ2n) is 12.2. The third-order valence-electron chi connectivity index (χ3n) is 7.98. The van der Waals surface area contributed by atoms with Crippen LogP contribution in [0, 0.1) is 0 Å². The van der Waals surface area contributed by atoms with Crippen molar-refractivity contribution >= 4 is 30.7 Å². The van der Waals surface area contributed by atoms with Gasteiger partial charge in [-0.1, -0.05) is 121 Å². The van der Waals surface area contributed by atoms with Crippen LogP contribution in [0.4, 0.5) is 9.59 Å². The molecule has 0 heterocycles. The molecular formula is C40H45N4O6+. The number of carbonyl (C=O) groups is 4. The van der Waals surface area contributed by atoms with Crippen LogP contribution in [-0.4, -0.2) is 59.5 Å². The maximum atomic E-state index is 13.6. The lowest BCUT2D eigenvalue weighted by atomic mass is 10.0. The van der Waals surface area contributed by atoms with Crippen LogP contribution in [0.1, 0.15) is 42.5 Å². The number of carbonyl (C=O) groups excluding carboxylic acids is 4. The van der Waals surface area contributed by atoms with Gasteiger partial charge in [0.15, 0.2) is 0 Å². The van der Waals surface area contributed by atoms with Gasteiger partial charge in [0.2, 0.25) is 11.9 Å². The van der Waals surface area contributed by atoms with Gasteiger partial charge in [0.25, 0.3) is 5.91 Å². The highest BCUT2D eigenvalue weighted by molar-refractivity contribution is 5.86. The molecule has 10 heteroatoms. The molecule has 4 aromatic rings. The third-order valence-corrected chi connectivity index (χ3v) is 7.98. The number of amides is 4. The fourth-order valence-corrected chi connectivity index (χ4v) is 5.41. The SMILES string of the molecule is C=[N+](C(=O)OCc1ccccc1)C(Cc1ccccc1)C(=O)NC(C)CC(C)NC(=O)C(Cc1ccccc1)NC(=O)OCc1ccccc1. The largest absolute Gasteiger partial charge is 0.596 e. The summed E-state index contributed by atoms with van der Waals surface area (Å²) in [7, 11) is 0. The highest BCUT2D eigenvalue weighted by atomic mass is 16.6.